The number of furan rings is 2. The lowest BCUT2D eigenvalue weighted by molar-refractivity contribution is 0.668. The maximum atomic E-state index is 6.65. The molecule has 0 aliphatic rings. The van der Waals surface area contributed by atoms with E-state index in [0.29, 0.717) is 17.5 Å². The molecule has 0 amide bonds. The lowest BCUT2D eigenvalue weighted by Crippen LogP contribution is -2.00. The number of nitrogens with zero attached hydrogens (tertiary/aromatic N) is 4. The Morgan fingerprint density at radius 2 is 0.930 bits per heavy atom. The molecular formula is C51H30N4O2. The summed E-state index contributed by atoms with van der Waals surface area (Å²) < 4.78 is 15.1. The standard InChI is InChI=1S/C51H30N4O2/c1-3-12-31(13-4-1)49-52-50(32-14-5-2-6-15-32)54-51(53-49)39-18-11-21-46-48(39)38-25-24-35(30-47(38)57-46)55-42-19-9-7-16-36(42)40-28-33(22-26-43(40)55)34-23-27-45-41(29-34)37-17-8-10-20-44(37)56-45/h1-30H. The number of hydrogen-bond acceptors (Lipinski definition) is 5. The Kier molecular flexibility index (Phi) is 6.83. The van der Waals surface area contributed by atoms with E-state index in [1.165, 1.54) is 10.8 Å². The van der Waals surface area contributed by atoms with Crippen molar-refractivity contribution >= 4 is 65.7 Å². The summed E-state index contributed by atoms with van der Waals surface area (Å²) in [6.07, 6.45) is 0. The van der Waals surface area contributed by atoms with Crippen LogP contribution < -0.4 is 0 Å². The first-order chi connectivity index (χ1) is 28.2. The van der Waals surface area contributed by atoms with E-state index in [-0.39, 0.29) is 0 Å². The van der Waals surface area contributed by atoms with E-state index in [1.54, 1.807) is 0 Å². The molecule has 0 fully saturated rings. The fourth-order valence-corrected chi connectivity index (χ4v) is 8.41. The number of benzene rings is 8. The van der Waals surface area contributed by atoms with Crippen molar-refractivity contribution < 1.29 is 8.83 Å². The molecule has 0 aliphatic heterocycles. The molecule has 4 aromatic heterocycles. The molecular weight excluding hydrogens is 701 g/mol. The van der Waals surface area contributed by atoms with Crippen molar-refractivity contribution in [2.24, 2.45) is 0 Å². The normalized spacial score (nSPS) is 11.9. The Balaban J connectivity index is 1.00. The van der Waals surface area contributed by atoms with E-state index in [4.69, 9.17) is 23.8 Å². The first-order valence-electron chi connectivity index (χ1n) is 19.0. The summed E-state index contributed by atoms with van der Waals surface area (Å²) in [6.45, 7) is 0. The Hall–Kier alpha value is -7.83. The predicted octanol–water partition coefficient (Wildman–Crippen LogP) is 13.4. The van der Waals surface area contributed by atoms with Crippen LogP contribution in [0.25, 0.3) is 117 Å². The van der Waals surface area contributed by atoms with Crippen LogP contribution in [0.3, 0.4) is 0 Å². The molecule has 8 aromatic carbocycles. The summed E-state index contributed by atoms with van der Waals surface area (Å²) >= 11 is 0. The Bertz CT molecular complexity index is 3470. The Morgan fingerprint density at radius 1 is 0.333 bits per heavy atom. The molecule has 266 valence electrons. The number of hydrogen-bond donors (Lipinski definition) is 0. The SMILES string of the molecule is c1ccc(-c2nc(-c3ccccc3)nc(-c3cccc4oc5cc(-n6c7ccccc7c7cc(-c8ccc9oc%10ccccc%10c9c8)ccc76)ccc5c34)n2)cc1. The van der Waals surface area contributed by atoms with Crippen molar-refractivity contribution in [1.82, 2.24) is 19.5 Å². The minimum absolute atomic E-state index is 0.596. The fraction of sp³-hybridized carbons (Fsp3) is 0. The first kappa shape index (κ1) is 31.5. The van der Waals surface area contributed by atoms with E-state index in [9.17, 15) is 0 Å². The number of aromatic nitrogens is 4. The van der Waals surface area contributed by atoms with Crippen molar-refractivity contribution in [1.29, 1.82) is 0 Å². The minimum Gasteiger partial charge on any atom is -0.456 e. The monoisotopic (exact) mass is 730 g/mol. The zero-order valence-corrected chi connectivity index (χ0v) is 30.4. The van der Waals surface area contributed by atoms with Crippen LogP contribution in [0.4, 0.5) is 0 Å². The van der Waals surface area contributed by atoms with E-state index in [0.717, 1.165) is 88.4 Å². The zero-order chi connectivity index (χ0) is 37.5. The summed E-state index contributed by atoms with van der Waals surface area (Å²) in [7, 11) is 0. The van der Waals surface area contributed by atoms with Crippen LogP contribution in [0.15, 0.2) is 191 Å². The molecule has 6 nitrogen and oxygen atoms in total. The summed E-state index contributed by atoms with van der Waals surface area (Å²) in [4.78, 5) is 15.0. The highest BCUT2D eigenvalue weighted by molar-refractivity contribution is 6.14. The third kappa shape index (κ3) is 5.01. The summed E-state index contributed by atoms with van der Waals surface area (Å²) in [5.41, 5.74) is 11.7. The molecule has 12 rings (SSSR count). The second kappa shape index (κ2) is 12.3. The third-order valence-corrected chi connectivity index (χ3v) is 11.1. The highest BCUT2D eigenvalue weighted by Gasteiger charge is 2.20. The largest absolute Gasteiger partial charge is 0.456 e. The molecule has 0 radical (unpaired) electrons. The Labute approximate surface area is 325 Å². The highest BCUT2D eigenvalue weighted by atomic mass is 16.3. The molecule has 0 saturated heterocycles. The summed E-state index contributed by atoms with van der Waals surface area (Å²) in [5.74, 6) is 1.84. The van der Waals surface area contributed by atoms with Gasteiger partial charge in [0.25, 0.3) is 0 Å². The third-order valence-electron chi connectivity index (χ3n) is 11.1. The van der Waals surface area contributed by atoms with Gasteiger partial charge in [0.2, 0.25) is 0 Å². The molecule has 57 heavy (non-hydrogen) atoms. The van der Waals surface area contributed by atoms with Crippen LogP contribution in [0.1, 0.15) is 0 Å². The first-order valence-corrected chi connectivity index (χ1v) is 19.0. The minimum atomic E-state index is 0.596. The smallest absolute Gasteiger partial charge is 0.164 e. The van der Waals surface area contributed by atoms with Gasteiger partial charge in [-0.3, -0.25) is 0 Å². The quantitative estimate of drug-likeness (QED) is 0.176. The second-order valence-corrected chi connectivity index (χ2v) is 14.4. The average molecular weight is 731 g/mol. The molecule has 0 atom stereocenters. The molecule has 0 saturated carbocycles. The van der Waals surface area contributed by atoms with Gasteiger partial charge in [-0.2, -0.15) is 0 Å². The van der Waals surface area contributed by atoms with Crippen LogP contribution in [0.2, 0.25) is 0 Å². The van der Waals surface area contributed by atoms with Crippen LogP contribution in [0, 0.1) is 0 Å². The van der Waals surface area contributed by atoms with E-state index < -0.39 is 0 Å². The van der Waals surface area contributed by atoms with E-state index in [2.05, 4.69) is 102 Å². The molecule has 0 unspecified atom stereocenters. The number of fused-ring (bicyclic) bond motifs is 9. The predicted molar refractivity (Wildman–Crippen MR) is 230 cm³/mol. The van der Waals surface area contributed by atoms with E-state index >= 15 is 0 Å². The lowest BCUT2D eigenvalue weighted by atomic mass is 10.0. The van der Waals surface area contributed by atoms with Crippen LogP contribution in [-0.4, -0.2) is 19.5 Å². The molecule has 0 bridgehead atoms. The van der Waals surface area contributed by atoms with Gasteiger partial charge in [0.15, 0.2) is 17.5 Å². The maximum Gasteiger partial charge on any atom is 0.164 e. The van der Waals surface area contributed by atoms with Crippen LogP contribution in [0.5, 0.6) is 0 Å². The molecule has 0 spiro atoms. The van der Waals surface area contributed by atoms with Gasteiger partial charge >= 0.3 is 0 Å². The second-order valence-electron chi connectivity index (χ2n) is 14.4. The summed E-state index contributed by atoms with van der Waals surface area (Å²) in [5, 5.41) is 6.59. The topological polar surface area (TPSA) is 69.9 Å². The van der Waals surface area contributed by atoms with Crippen molar-refractivity contribution in [2.45, 2.75) is 0 Å². The number of rotatable bonds is 5. The van der Waals surface area contributed by atoms with Gasteiger partial charge in [0, 0.05) is 60.8 Å². The van der Waals surface area contributed by atoms with Gasteiger partial charge in [-0.05, 0) is 65.7 Å². The van der Waals surface area contributed by atoms with Gasteiger partial charge in [0.05, 0.1) is 11.0 Å². The Morgan fingerprint density at radius 3 is 1.72 bits per heavy atom. The van der Waals surface area contributed by atoms with Gasteiger partial charge in [-0.15, -0.1) is 0 Å². The van der Waals surface area contributed by atoms with Gasteiger partial charge < -0.3 is 13.4 Å². The van der Waals surface area contributed by atoms with E-state index in [1.807, 2.05) is 84.9 Å². The van der Waals surface area contributed by atoms with Crippen molar-refractivity contribution in [3.8, 4) is 51.0 Å². The zero-order valence-electron chi connectivity index (χ0n) is 30.4. The van der Waals surface area contributed by atoms with Crippen molar-refractivity contribution in [3.63, 3.8) is 0 Å². The summed E-state index contributed by atoms with van der Waals surface area (Å²) in [6, 6.07) is 62.8. The van der Waals surface area contributed by atoms with Crippen LogP contribution >= 0.6 is 0 Å². The average Bonchev–Trinajstić information content (AvgIpc) is 3.95. The molecule has 0 aliphatic carbocycles. The van der Waals surface area contributed by atoms with Gasteiger partial charge in [0.1, 0.15) is 22.3 Å². The van der Waals surface area contributed by atoms with Crippen molar-refractivity contribution in [3.05, 3.63) is 182 Å². The van der Waals surface area contributed by atoms with Gasteiger partial charge in [-0.1, -0.05) is 121 Å². The highest BCUT2D eigenvalue weighted by Crippen LogP contribution is 2.40. The molecule has 12 aromatic rings. The molecule has 6 heteroatoms. The number of para-hydroxylation sites is 2. The maximum absolute atomic E-state index is 6.65. The molecule has 0 N–H and O–H groups in total. The van der Waals surface area contributed by atoms with Gasteiger partial charge in [-0.25, -0.2) is 15.0 Å². The molecule has 4 heterocycles. The lowest BCUT2D eigenvalue weighted by Gasteiger charge is -2.10. The van der Waals surface area contributed by atoms with Crippen LogP contribution in [-0.2, 0) is 0 Å². The fourth-order valence-electron chi connectivity index (χ4n) is 8.41. The van der Waals surface area contributed by atoms with Crippen molar-refractivity contribution in [2.75, 3.05) is 0 Å².